The number of hydrogen-bond acceptors (Lipinski definition) is 4. The number of benzene rings is 1. The van der Waals surface area contributed by atoms with Crippen LogP contribution in [0.25, 0.3) is 0 Å². The van der Waals surface area contributed by atoms with Gasteiger partial charge in [-0.05, 0) is 42.4 Å². The Balaban J connectivity index is 1.95. The molecule has 1 aromatic carbocycles. The lowest BCUT2D eigenvalue weighted by molar-refractivity contribution is -0.0613. The first-order valence-corrected chi connectivity index (χ1v) is 7.31. The molecule has 0 radical (unpaired) electrons. The van der Waals surface area contributed by atoms with Crippen LogP contribution in [0.5, 0.6) is 5.75 Å². The van der Waals surface area contributed by atoms with Gasteiger partial charge in [0.25, 0.3) is 0 Å². The largest absolute Gasteiger partial charge is 0.496 e. The van der Waals surface area contributed by atoms with Crippen molar-refractivity contribution in [2.45, 2.75) is 6.42 Å². The van der Waals surface area contributed by atoms with E-state index in [-0.39, 0.29) is 0 Å². The lowest BCUT2D eigenvalue weighted by atomic mass is 10.1. The lowest BCUT2D eigenvalue weighted by Gasteiger charge is -2.23. The normalized spacial score (nSPS) is 10.1. The summed E-state index contributed by atoms with van der Waals surface area (Å²) in [4.78, 5) is 9.52. The summed E-state index contributed by atoms with van der Waals surface area (Å²) in [5, 5.41) is 5.14. The Morgan fingerprint density at radius 3 is 2.64 bits per heavy atom. The summed E-state index contributed by atoms with van der Waals surface area (Å²) >= 11 is 5.35. The fourth-order valence-electron chi connectivity index (χ4n) is 2.02. The summed E-state index contributed by atoms with van der Waals surface area (Å²) in [6.45, 7) is 0.607. The fraction of sp³-hybridized carbons (Fsp3) is 0.250. The summed E-state index contributed by atoms with van der Waals surface area (Å²) in [5.41, 5.74) is 1.10. The molecule has 5 nitrogen and oxygen atoms in total. The number of para-hydroxylation sites is 1. The van der Waals surface area contributed by atoms with Crippen molar-refractivity contribution < 1.29 is 9.57 Å². The van der Waals surface area contributed by atoms with Gasteiger partial charge in [-0.25, -0.2) is 10.0 Å². The van der Waals surface area contributed by atoms with Crippen molar-refractivity contribution in [1.29, 1.82) is 0 Å². The van der Waals surface area contributed by atoms with Crippen LogP contribution in [0.2, 0.25) is 0 Å². The van der Waals surface area contributed by atoms with E-state index >= 15 is 0 Å². The van der Waals surface area contributed by atoms with Crippen molar-refractivity contribution in [2.24, 2.45) is 0 Å². The van der Waals surface area contributed by atoms with E-state index in [0.717, 1.165) is 17.7 Å². The molecule has 0 aliphatic heterocycles. The van der Waals surface area contributed by atoms with Crippen LogP contribution >= 0.6 is 12.2 Å². The number of aromatic nitrogens is 1. The predicted molar refractivity (Wildman–Crippen MR) is 90.9 cm³/mol. The third-order valence-electron chi connectivity index (χ3n) is 3.12. The Labute approximate surface area is 135 Å². The Kier molecular flexibility index (Phi) is 6.12. The van der Waals surface area contributed by atoms with E-state index in [1.807, 2.05) is 42.5 Å². The minimum atomic E-state index is 0.469. The highest BCUT2D eigenvalue weighted by Gasteiger charge is 2.11. The molecule has 116 valence electrons. The van der Waals surface area contributed by atoms with Gasteiger partial charge in [-0.2, -0.15) is 0 Å². The quantitative estimate of drug-likeness (QED) is 0.653. The predicted octanol–water partition coefficient (Wildman–Crippen LogP) is 2.89. The molecule has 2 rings (SSSR count). The summed E-state index contributed by atoms with van der Waals surface area (Å²) in [6, 6.07) is 13.5. The maximum absolute atomic E-state index is 5.35. The van der Waals surface area contributed by atoms with E-state index < -0.39 is 0 Å². The molecular weight excluding hydrogens is 298 g/mol. The van der Waals surface area contributed by atoms with E-state index in [1.165, 1.54) is 0 Å². The molecule has 0 atom stereocenters. The van der Waals surface area contributed by atoms with Crippen molar-refractivity contribution in [3.63, 3.8) is 0 Å². The van der Waals surface area contributed by atoms with Crippen LogP contribution < -0.4 is 10.1 Å². The number of hydrogen-bond donors (Lipinski definition) is 1. The van der Waals surface area contributed by atoms with Crippen LogP contribution in [-0.4, -0.2) is 35.9 Å². The molecule has 2 aromatic rings. The maximum atomic E-state index is 5.35. The molecule has 0 saturated carbocycles. The molecule has 0 unspecified atom stereocenters. The lowest BCUT2D eigenvalue weighted by Crippen LogP contribution is -2.35. The van der Waals surface area contributed by atoms with Gasteiger partial charge in [-0.15, -0.1) is 0 Å². The number of nitrogens with one attached hydrogen (secondary N) is 1. The molecule has 1 N–H and O–H groups in total. The van der Waals surface area contributed by atoms with Crippen molar-refractivity contribution in [3.05, 3.63) is 54.2 Å². The molecular formula is C16H19N3O2S. The summed E-state index contributed by atoms with van der Waals surface area (Å²) in [6.07, 6.45) is 2.46. The minimum Gasteiger partial charge on any atom is -0.496 e. The van der Waals surface area contributed by atoms with Gasteiger partial charge >= 0.3 is 0 Å². The van der Waals surface area contributed by atoms with Crippen LogP contribution in [0.15, 0.2) is 48.7 Å². The average molecular weight is 317 g/mol. The van der Waals surface area contributed by atoms with Gasteiger partial charge < -0.3 is 10.1 Å². The van der Waals surface area contributed by atoms with Crippen LogP contribution in [0.3, 0.4) is 0 Å². The van der Waals surface area contributed by atoms with Gasteiger partial charge in [0.05, 0.1) is 20.8 Å². The topological polar surface area (TPSA) is 46.6 Å². The highest BCUT2D eigenvalue weighted by molar-refractivity contribution is 7.80. The van der Waals surface area contributed by atoms with Crippen molar-refractivity contribution >= 4 is 23.1 Å². The maximum Gasteiger partial charge on any atom is 0.198 e. The molecule has 22 heavy (non-hydrogen) atoms. The van der Waals surface area contributed by atoms with E-state index in [1.54, 1.807) is 25.5 Å². The number of nitrogens with zero attached hydrogens (tertiary/aromatic N) is 2. The fourth-order valence-corrected chi connectivity index (χ4v) is 2.29. The number of ether oxygens (including phenoxy) is 1. The van der Waals surface area contributed by atoms with Gasteiger partial charge in [0.15, 0.2) is 5.11 Å². The number of hydroxylamine groups is 2. The minimum absolute atomic E-state index is 0.469. The van der Waals surface area contributed by atoms with Crippen LogP contribution in [0.4, 0.5) is 5.82 Å². The summed E-state index contributed by atoms with van der Waals surface area (Å²) in [7, 11) is 3.26. The molecule has 0 aliphatic carbocycles. The SMILES string of the molecule is COc1ccccc1CCN(OC)C(=S)Nc1ccccn1. The van der Waals surface area contributed by atoms with Gasteiger partial charge in [0, 0.05) is 6.20 Å². The Morgan fingerprint density at radius 2 is 1.95 bits per heavy atom. The average Bonchev–Trinajstić information content (AvgIpc) is 2.56. The molecule has 1 aromatic heterocycles. The highest BCUT2D eigenvalue weighted by Crippen LogP contribution is 2.18. The van der Waals surface area contributed by atoms with E-state index in [0.29, 0.717) is 17.5 Å². The van der Waals surface area contributed by atoms with Crippen molar-refractivity contribution in [3.8, 4) is 5.75 Å². The highest BCUT2D eigenvalue weighted by atomic mass is 32.1. The molecule has 0 fully saturated rings. The second-order valence-corrected chi connectivity index (χ2v) is 4.88. The smallest absolute Gasteiger partial charge is 0.198 e. The first-order chi connectivity index (χ1) is 10.7. The number of rotatable bonds is 6. The van der Waals surface area contributed by atoms with E-state index in [4.69, 9.17) is 21.8 Å². The number of anilines is 1. The molecule has 0 saturated heterocycles. The standard InChI is InChI=1S/C16H19N3O2S/c1-20-14-8-4-3-7-13(14)10-12-19(21-2)16(22)18-15-9-5-6-11-17-15/h3-9,11H,10,12H2,1-2H3,(H,17,18,22). The Bertz CT molecular complexity index is 607. The monoisotopic (exact) mass is 317 g/mol. The second-order valence-electron chi connectivity index (χ2n) is 4.49. The molecule has 1 heterocycles. The third kappa shape index (κ3) is 4.41. The summed E-state index contributed by atoms with van der Waals surface area (Å²) in [5.74, 6) is 1.55. The number of pyridine rings is 1. The van der Waals surface area contributed by atoms with E-state index in [9.17, 15) is 0 Å². The number of methoxy groups -OCH3 is 1. The van der Waals surface area contributed by atoms with Crippen molar-refractivity contribution in [1.82, 2.24) is 10.0 Å². The zero-order valence-electron chi connectivity index (χ0n) is 12.7. The van der Waals surface area contributed by atoms with Crippen molar-refractivity contribution in [2.75, 3.05) is 26.1 Å². The zero-order chi connectivity index (χ0) is 15.8. The van der Waals surface area contributed by atoms with Gasteiger partial charge in [0.1, 0.15) is 11.6 Å². The molecule has 0 bridgehead atoms. The first-order valence-electron chi connectivity index (χ1n) is 6.90. The molecule has 6 heteroatoms. The molecule has 0 aliphatic rings. The second kappa shape index (κ2) is 8.31. The van der Waals surface area contributed by atoms with Gasteiger partial charge in [-0.3, -0.25) is 4.84 Å². The Hall–Kier alpha value is -2.18. The van der Waals surface area contributed by atoms with E-state index in [2.05, 4.69) is 10.3 Å². The third-order valence-corrected chi connectivity index (χ3v) is 3.43. The summed E-state index contributed by atoms with van der Waals surface area (Å²) < 4.78 is 5.35. The van der Waals surface area contributed by atoms with Gasteiger partial charge in [-0.1, -0.05) is 24.3 Å². The Morgan fingerprint density at radius 1 is 1.18 bits per heavy atom. The van der Waals surface area contributed by atoms with Crippen LogP contribution in [0, 0.1) is 0 Å². The number of thiocarbonyl (C=S) groups is 1. The van der Waals surface area contributed by atoms with Crippen LogP contribution in [0.1, 0.15) is 5.56 Å². The van der Waals surface area contributed by atoms with Gasteiger partial charge in [0.2, 0.25) is 0 Å². The molecule has 0 spiro atoms. The first kappa shape index (κ1) is 16.2. The zero-order valence-corrected chi connectivity index (χ0v) is 13.5. The molecule has 0 amide bonds. The van der Waals surface area contributed by atoms with Crippen LogP contribution in [-0.2, 0) is 11.3 Å².